The van der Waals surface area contributed by atoms with Crippen molar-refractivity contribution in [2.45, 2.75) is 11.3 Å². The summed E-state index contributed by atoms with van der Waals surface area (Å²) < 4.78 is 31.8. The molecule has 1 aliphatic heterocycles. The molecule has 0 aliphatic carbocycles. The van der Waals surface area contributed by atoms with Gasteiger partial charge in [0.05, 0.1) is 12.3 Å². The van der Waals surface area contributed by atoms with Crippen molar-refractivity contribution in [3.63, 3.8) is 0 Å². The molecule has 1 heterocycles. The van der Waals surface area contributed by atoms with E-state index in [9.17, 15) is 8.42 Å². The average molecular weight is 256 g/mol. The Bertz CT molecular complexity index is 473. The van der Waals surface area contributed by atoms with E-state index in [1.165, 1.54) is 0 Å². The molecule has 0 aromatic heterocycles. The molecule has 0 saturated carbocycles. The smallest absolute Gasteiger partial charge is 0.242 e. The van der Waals surface area contributed by atoms with Gasteiger partial charge >= 0.3 is 0 Å². The van der Waals surface area contributed by atoms with Crippen LogP contribution in [0.1, 0.15) is 6.42 Å². The van der Waals surface area contributed by atoms with Crippen molar-refractivity contribution < 1.29 is 13.2 Å². The van der Waals surface area contributed by atoms with E-state index >= 15 is 0 Å². The second-order valence-corrected chi connectivity index (χ2v) is 5.52. The molecule has 0 amide bonds. The average Bonchev–Trinajstić information content (AvgIpc) is 2.35. The number of nitrogens with one attached hydrogen (secondary N) is 2. The Labute approximate surface area is 101 Å². The van der Waals surface area contributed by atoms with Gasteiger partial charge in [0.15, 0.2) is 0 Å². The second-order valence-electron chi connectivity index (χ2n) is 3.79. The summed E-state index contributed by atoms with van der Waals surface area (Å²) in [6.45, 7) is 2.04. The number of sulfonamides is 1. The highest BCUT2D eigenvalue weighted by atomic mass is 32.2. The van der Waals surface area contributed by atoms with Crippen LogP contribution in [0.4, 0.5) is 5.69 Å². The predicted octanol–water partition coefficient (Wildman–Crippen LogP) is 0.797. The van der Waals surface area contributed by atoms with Gasteiger partial charge in [-0.1, -0.05) is 12.1 Å². The quantitative estimate of drug-likeness (QED) is 0.720. The zero-order valence-electron chi connectivity index (χ0n) is 9.48. The molecular weight excluding hydrogens is 240 g/mol. The number of hydrogen-bond acceptors (Lipinski definition) is 4. The van der Waals surface area contributed by atoms with E-state index in [0.717, 1.165) is 6.42 Å². The van der Waals surface area contributed by atoms with Gasteiger partial charge in [-0.2, -0.15) is 0 Å². The topological polar surface area (TPSA) is 67.4 Å². The first-order valence-corrected chi connectivity index (χ1v) is 7.09. The molecule has 0 unspecified atom stereocenters. The van der Waals surface area contributed by atoms with Crippen LogP contribution in [0.3, 0.4) is 0 Å². The van der Waals surface area contributed by atoms with Gasteiger partial charge in [-0.25, -0.2) is 13.1 Å². The number of benzene rings is 1. The summed E-state index contributed by atoms with van der Waals surface area (Å²) in [5.41, 5.74) is 0.641. The maximum Gasteiger partial charge on any atom is 0.242 e. The summed E-state index contributed by atoms with van der Waals surface area (Å²) in [5, 5.41) is 3.12. The van der Waals surface area contributed by atoms with E-state index in [0.29, 0.717) is 36.9 Å². The molecule has 1 aromatic rings. The third-order valence-electron chi connectivity index (χ3n) is 2.50. The van der Waals surface area contributed by atoms with Gasteiger partial charge in [0, 0.05) is 19.7 Å². The fourth-order valence-corrected chi connectivity index (χ4v) is 2.87. The minimum absolute atomic E-state index is 0.293. The standard InChI is InChI=1S/C11H16N2O3S/c14-17(15)11-5-2-1-4-10(11)12-6-3-8-16-9-7-13-17/h1-2,4-5,12-13H,3,6-9H2. The largest absolute Gasteiger partial charge is 0.384 e. The lowest BCUT2D eigenvalue weighted by Crippen LogP contribution is -2.27. The van der Waals surface area contributed by atoms with E-state index in [2.05, 4.69) is 10.0 Å². The van der Waals surface area contributed by atoms with Crippen molar-refractivity contribution in [2.24, 2.45) is 0 Å². The van der Waals surface area contributed by atoms with E-state index < -0.39 is 10.0 Å². The number of fused-ring (bicyclic) bond motifs is 1. The van der Waals surface area contributed by atoms with Crippen molar-refractivity contribution in [3.8, 4) is 0 Å². The molecule has 2 rings (SSSR count). The summed E-state index contributed by atoms with van der Waals surface area (Å²) in [6.07, 6.45) is 0.856. The van der Waals surface area contributed by atoms with Gasteiger partial charge in [-0.15, -0.1) is 0 Å². The highest BCUT2D eigenvalue weighted by Crippen LogP contribution is 2.20. The molecule has 0 atom stereocenters. The van der Waals surface area contributed by atoms with Crippen molar-refractivity contribution >= 4 is 15.7 Å². The van der Waals surface area contributed by atoms with E-state index in [4.69, 9.17) is 4.74 Å². The van der Waals surface area contributed by atoms with Gasteiger partial charge < -0.3 is 10.1 Å². The lowest BCUT2D eigenvalue weighted by molar-refractivity contribution is 0.139. The van der Waals surface area contributed by atoms with Crippen LogP contribution in [-0.4, -0.2) is 34.7 Å². The maximum atomic E-state index is 12.0. The fourth-order valence-electron chi connectivity index (χ4n) is 1.67. The fraction of sp³-hybridized carbons (Fsp3) is 0.455. The molecule has 0 radical (unpaired) electrons. The first kappa shape index (κ1) is 12.3. The normalized spacial score (nSPS) is 20.7. The van der Waals surface area contributed by atoms with E-state index in [-0.39, 0.29) is 0 Å². The number of ether oxygens (including phenoxy) is 1. The molecule has 0 spiro atoms. The van der Waals surface area contributed by atoms with Gasteiger partial charge in [0.2, 0.25) is 10.0 Å². The Balaban J connectivity index is 2.32. The molecule has 6 heteroatoms. The Morgan fingerprint density at radius 2 is 1.94 bits per heavy atom. The molecule has 2 N–H and O–H groups in total. The third-order valence-corrected chi connectivity index (χ3v) is 4.02. The highest BCUT2D eigenvalue weighted by molar-refractivity contribution is 7.89. The van der Waals surface area contributed by atoms with Crippen LogP contribution in [0, 0.1) is 0 Å². The highest BCUT2D eigenvalue weighted by Gasteiger charge is 2.17. The summed E-state index contributed by atoms with van der Waals surface area (Å²) in [5.74, 6) is 0. The molecule has 0 fully saturated rings. The number of hydrogen-bond donors (Lipinski definition) is 2. The monoisotopic (exact) mass is 256 g/mol. The van der Waals surface area contributed by atoms with Gasteiger partial charge in [-0.3, -0.25) is 0 Å². The van der Waals surface area contributed by atoms with Crippen molar-refractivity contribution in [3.05, 3.63) is 24.3 Å². The van der Waals surface area contributed by atoms with Crippen LogP contribution in [0.5, 0.6) is 0 Å². The Hall–Kier alpha value is -1.11. The maximum absolute atomic E-state index is 12.0. The van der Waals surface area contributed by atoms with Gasteiger partial charge in [-0.05, 0) is 18.6 Å². The molecule has 0 saturated heterocycles. The third kappa shape index (κ3) is 3.18. The van der Waals surface area contributed by atoms with Gasteiger partial charge in [0.25, 0.3) is 0 Å². The Kier molecular flexibility index (Phi) is 3.98. The predicted molar refractivity (Wildman–Crippen MR) is 65.6 cm³/mol. The Morgan fingerprint density at radius 3 is 2.82 bits per heavy atom. The van der Waals surface area contributed by atoms with Gasteiger partial charge in [0.1, 0.15) is 4.90 Å². The van der Waals surface area contributed by atoms with E-state index in [1.54, 1.807) is 18.2 Å². The molecular formula is C11H16N2O3S. The van der Waals surface area contributed by atoms with Crippen molar-refractivity contribution in [1.82, 2.24) is 4.72 Å². The van der Waals surface area contributed by atoms with E-state index in [1.807, 2.05) is 6.07 Å². The van der Waals surface area contributed by atoms with Crippen molar-refractivity contribution in [1.29, 1.82) is 0 Å². The van der Waals surface area contributed by atoms with Crippen LogP contribution in [0.15, 0.2) is 29.2 Å². The molecule has 1 aromatic carbocycles. The number of rotatable bonds is 0. The zero-order chi connectivity index (χ0) is 12.1. The minimum atomic E-state index is -3.45. The lowest BCUT2D eigenvalue weighted by atomic mass is 10.3. The van der Waals surface area contributed by atoms with Crippen LogP contribution in [0.2, 0.25) is 0 Å². The number of anilines is 1. The van der Waals surface area contributed by atoms with Crippen LogP contribution < -0.4 is 10.0 Å². The first-order chi connectivity index (χ1) is 8.20. The molecule has 17 heavy (non-hydrogen) atoms. The summed E-state index contributed by atoms with van der Waals surface area (Å²) in [6, 6.07) is 6.91. The second kappa shape index (κ2) is 5.48. The summed E-state index contributed by atoms with van der Waals surface area (Å²) in [4.78, 5) is 0.293. The SMILES string of the molecule is O=S1(=O)NCCOCCCNc2ccccc21. The first-order valence-electron chi connectivity index (χ1n) is 5.60. The lowest BCUT2D eigenvalue weighted by Gasteiger charge is -2.11. The van der Waals surface area contributed by atoms with Crippen LogP contribution >= 0.6 is 0 Å². The molecule has 1 aliphatic rings. The van der Waals surface area contributed by atoms with Crippen LogP contribution in [0.25, 0.3) is 0 Å². The summed E-state index contributed by atoms with van der Waals surface area (Å²) >= 11 is 0. The summed E-state index contributed by atoms with van der Waals surface area (Å²) in [7, 11) is -3.45. The van der Waals surface area contributed by atoms with Crippen molar-refractivity contribution in [2.75, 3.05) is 31.6 Å². The number of para-hydroxylation sites is 1. The van der Waals surface area contributed by atoms with Crippen LogP contribution in [-0.2, 0) is 14.8 Å². The zero-order valence-corrected chi connectivity index (χ0v) is 10.3. The molecule has 94 valence electrons. The molecule has 5 nitrogen and oxygen atoms in total. The minimum Gasteiger partial charge on any atom is -0.384 e. The Morgan fingerprint density at radius 1 is 1.12 bits per heavy atom. The molecule has 0 bridgehead atoms.